The number of nitrogens with zero attached hydrogens (tertiary/aromatic N) is 2. The summed E-state index contributed by atoms with van der Waals surface area (Å²) in [6.07, 6.45) is 7.08. The van der Waals surface area contributed by atoms with Crippen LogP contribution in [0.4, 0.5) is 0 Å². The maximum Gasteiger partial charge on any atom is 0.253 e. The van der Waals surface area contributed by atoms with Crippen LogP contribution in [-0.4, -0.2) is 48.4 Å². The zero-order chi connectivity index (χ0) is 21.3. The van der Waals surface area contributed by atoms with Crippen molar-refractivity contribution < 1.29 is 8.42 Å². The fourth-order valence-corrected chi connectivity index (χ4v) is 7.84. The van der Waals surface area contributed by atoms with Crippen molar-refractivity contribution in [2.45, 2.75) is 69.2 Å². The fourth-order valence-electron chi connectivity index (χ4n) is 4.65. The Hall–Kier alpha value is -1.48. The Morgan fingerprint density at radius 2 is 1.83 bits per heavy atom. The third kappa shape index (κ3) is 4.15. The van der Waals surface area contributed by atoms with Crippen molar-refractivity contribution in [3.8, 4) is 10.4 Å². The van der Waals surface area contributed by atoms with E-state index in [1.165, 1.54) is 17.8 Å². The molecule has 0 bridgehead atoms. The molecule has 8 heteroatoms. The molecule has 0 spiro atoms. The standard InChI is InChI=1S/C22H31N3O3S2/c1-3-17-15-18(16(2)23-22(17)26)19-10-11-21(29-19)30(27,28)25-14-8-5-9-20(25)24-12-6-4-7-13-24/h10-11,15,20H,3-9,12-14H2,1-2H3,(H,23,26). The Labute approximate surface area is 183 Å². The first-order valence-corrected chi connectivity index (χ1v) is 13.3. The van der Waals surface area contributed by atoms with Crippen LogP contribution in [0.25, 0.3) is 10.4 Å². The zero-order valence-corrected chi connectivity index (χ0v) is 19.4. The number of H-pyrrole nitrogens is 1. The van der Waals surface area contributed by atoms with Crippen LogP contribution in [0.3, 0.4) is 0 Å². The van der Waals surface area contributed by atoms with Gasteiger partial charge in [0.25, 0.3) is 15.6 Å². The smallest absolute Gasteiger partial charge is 0.253 e. The molecule has 4 heterocycles. The number of aryl methyl sites for hydroxylation is 2. The van der Waals surface area contributed by atoms with Crippen molar-refractivity contribution in [1.29, 1.82) is 0 Å². The third-order valence-electron chi connectivity index (χ3n) is 6.34. The lowest BCUT2D eigenvalue weighted by Gasteiger charge is -2.43. The van der Waals surface area contributed by atoms with Crippen molar-refractivity contribution in [2.75, 3.05) is 19.6 Å². The molecule has 1 N–H and O–H groups in total. The van der Waals surface area contributed by atoms with E-state index < -0.39 is 10.0 Å². The molecule has 2 saturated heterocycles. The lowest BCUT2D eigenvalue weighted by molar-refractivity contribution is 0.0545. The number of rotatable bonds is 5. The van der Waals surface area contributed by atoms with Gasteiger partial charge in [-0.05, 0) is 76.7 Å². The van der Waals surface area contributed by atoms with Gasteiger partial charge in [-0.2, -0.15) is 4.31 Å². The highest BCUT2D eigenvalue weighted by molar-refractivity contribution is 7.91. The van der Waals surface area contributed by atoms with Crippen molar-refractivity contribution in [3.63, 3.8) is 0 Å². The van der Waals surface area contributed by atoms with Crippen molar-refractivity contribution in [3.05, 3.63) is 39.8 Å². The summed E-state index contributed by atoms with van der Waals surface area (Å²) < 4.78 is 29.3. The molecule has 0 aromatic carbocycles. The number of piperidine rings is 2. The molecule has 0 saturated carbocycles. The summed E-state index contributed by atoms with van der Waals surface area (Å²) in [4.78, 5) is 18.2. The molecule has 2 aromatic rings. The zero-order valence-electron chi connectivity index (χ0n) is 17.8. The molecule has 2 fully saturated rings. The average molecular weight is 450 g/mol. The number of likely N-dealkylation sites (tertiary alicyclic amines) is 1. The van der Waals surface area contributed by atoms with E-state index in [0.717, 1.165) is 66.9 Å². The summed E-state index contributed by atoms with van der Waals surface area (Å²) in [5, 5.41) is 0. The summed E-state index contributed by atoms with van der Waals surface area (Å²) in [6.45, 7) is 6.38. The van der Waals surface area contributed by atoms with Gasteiger partial charge in [0.15, 0.2) is 0 Å². The topological polar surface area (TPSA) is 73.5 Å². The summed E-state index contributed by atoms with van der Waals surface area (Å²) >= 11 is 1.30. The number of nitrogens with one attached hydrogen (secondary N) is 1. The van der Waals surface area contributed by atoms with Crippen molar-refractivity contribution in [1.82, 2.24) is 14.2 Å². The van der Waals surface area contributed by atoms with Crippen molar-refractivity contribution in [2.24, 2.45) is 0 Å². The first-order valence-electron chi connectivity index (χ1n) is 11.0. The number of hydrogen-bond acceptors (Lipinski definition) is 5. The van der Waals surface area contributed by atoms with Gasteiger partial charge in [0.05, 0.1) is 6.17 Å². The van der Waals surface area contributed by atoms with Gasteiger partial charge in [0.2, 0.25) is 0 Å². The second-order valence-electron chi connectivity index (χ2n) is 8.32. The van der Waals surface area contributed by atoms with Gasteiger partial charge >= 0.3 is 0 Å². The van der Waals surface area contributed by atoms with Gasteiger partial charge < -0.3 is 4.98 Å². The normalized spacial score (nSPS) is 21.7. The molecule has 30 heavy (non-hydrogen) atoms. The maximum atomic E-state index is 13.6. The van der Waals surface area contributed by atoms with Crippen LogP contribution >= 0.6 is 11.3 Å². The molecule has 6 nitrogen and oxygen atoms in total. The molecule has 2 aliphatic rings. The second kappa shape index (κ2) is 8.94. The number of thiophene rings is 1. The number of hydrogen-bond donors (Lipinski definition) is 1. The Bertz CT molecular complexity index is 1050. The Kier molecular flexibility index (Phi) is 6.48. The van der Waals surface area contributed by atoms with E-state index in [1.54, 1.807) is 10.4 Å². The van der Waals surface area contributed by atoms with Crippen molar-refractivity contribution >= 4 is 21.4 Å². The molecular formula is C22H31N3O3S2. The van der Waals surface area contributed by atoms with Crippen LogP contribution in [0.1, 0.15) is 56.7 Å². The maximum absolute atomic E-state index is 13.6. The largest absolute Gasteiger partial charge is 0.326 e. The van der Waals surface area contributed by atoms with E-state index in [4.69, 9.17) is 0 Å². The van der Waals surface area contributed by atoms with E-state index in [9.17, 15) is 13.2 Å². The van der Waals surface area contributed by atoms with Crippen LogP contribution in [-0.2, 0) is 16.4 Å². The predicted molar refractivity (Wildman–Crippen MR) is 121 cm³/mol. The summed E-state index contributed by atoms with van der Waals surface area (Å²) in [7, 11) is -3.55. The predicted octanol–water partition coefficient (Wildman–Crippen LogP) is 3.96. The van der Waals surface area contributed by atoms with E-state index >= 15 is 0 Å². The van der Waals surface area contributed by atoms with Crippen LogP contribution < -0.4 is 5.56 Å². The van der Waals surface area contributed by atoms with Gasteiger partial charge in [-0.3, -0.25) is 9.69 Å². The van der Waals surface area contributed by atoms with Gasteiger partial charge in [-0.25, -0.2) is 8.42 Å². The van der Waals surface area contributed by atoms with Crippen LogP contribution in [0.15, 0.2) is 27.2 Å². The molecular weight excluding hydrogens is 418 g/mol. The van der Waals surface area contributed by atoms with Crippen LogP contribution in [0.5, 0.6) is 0 Å². The summed E-state index contributed by atoms with van der Waals surface area (Å²) in [5.74, 6) is 0. The summed E-state index contributed by atoms with van der Waals surface area (Å²) in [6, 6.07) is 5.50. The minimum atomic E-state index is -3.55. The van der Waals surface area contributed by atoms with Gasteiger partial charge in [0, 0.05) is 28.2 Å². The highest BCUT2D eigenvalue weighted by Gasteiger charge is 2.37. The fraction of sp³-hybridized carbons (Fsp3) is 0.591. The Morgan fingerprint density at radius 3 is 2.57 bits per heavy atom. The molecule has 2 aromatic heterocycles. The minimum Gasteiger partial charge on any atom is -0.326 e. The van der Waals surface area contributed by atoms with E-state index in [-0.39, 0.29) is 11.7 Å². The molecule has 0 radical (unpaired) electrons. The molecule has 0 amide bonds. The SMILES string of the molecule is CCc1cc(-c2ccc(S(=O)(=O)N3CCCCC3N3CCCCC3)s2)c(C)[nH]c1=O. The average Bonchev–Trinajstić information content (AvgIpc) is 3.25. The third-order valence-corrected chi connectivity index (χ3v) is 9.82. The minimum absolute atomic E-state index is 0.0175. The number of aromatic nitrogens is 1. The highest BCUT2D eigenvalue weighted by atomic mass is 32.2. The number of aromatic amines is 1. The Balaban J connectivity index is 1.65. The van der Waals surface area contributed by atoms with Crippen LogP contribution in [0, 0.1) is 6.92 Å². The lowest BCUT2D eigenvalue weighted by Crippen LogP contribution is -2.54. The van der Waals surface area contributed by atoms with E-state index in [2.05, 4.69) is 9.88 Å². The summed E-state index contributed by atoms with van der Waals surface area (Å²) in [5.41, 5.74) is 2.33. The molecule has 1 atom stereocenters. The monoisotopic (exact) mass is 449 g/mol. The highest BCUT2D eigenvalue weighted by Crippen LogP contribution is 2.36. The number of pyridine rings is 1. The van der Waals surface area contributed by atoms with E-state index in [0.29, 0.717) is 17.2 Å². The number of sulfonamides is 1. The second-order valence-corrected chi connectivity index (χ2v) is 11.5. The van der Waals surface area contributed by atoms with E-state index in [1.807, 2.05) is 26.0 Å². The van der Waals surface area contributed by atoms with Crippen LogP contribution in [0.2, 0.25) is 0 Å². The molecule has 164 valence electrons. The quantitative estimate of drug-likeness (QED) is 0.750. The first kappa shape index (κ1) is 21.7. The van der Waals surface area contributed by atoms with Gasteiger partial charge in [-0.15, -0.1) is 11.3 Å². The lowest BCUT2D eigenvalue weighted by atomic mass is 10.1. The first-order chi connectivity index (χ1) is 14.4. The molecule has 1 unspecified atom stereocenters. The molecule has 4 rings (SSSR count). The molecule has 2 aliphatic heterocycles. The Morgan fingerprint density at radius 1 is 1.10 bits per heavy atom. The van der Waals surface area contributed by atoms with Gasteiger partial charge in [0.1, 0.15) is 4.21 Å². The molecule has 0 aliphatic carbocycles. The van der Waals surface area contributed by atoms with Gasteiger partial charge in [-0.1, -0.05) is 13.3 Å².